The summed E-state index contributed by atoms with van der Waals surface area (Å²) in [6.45, 7) is 3.87. The molecule has 0 fully saturated rings. The number of aryl methyl sites for hydroxylation is 1. The van der Waals surface area contributed by atoms with Crippen LogP contribution in [-0.4, -0.2) is 10.9 Å². The lowest BCUT2D eigenvalue weighted by molar-refractivity contribution is -0.116. The third-order valence-electron chi connectivity index (χ3n) is 2.16. The van der Waals surface area contributed by atoms with Gasteiger partial charge in [0.25, 0.3) is 0 Å². The Morgan fingerprint density at radius 3 is 3.08 bits per heavy atom. The summed E-state index contributed by atoms with van der Waals surface area (Å²) in [5, 5.41) is 2.72. The molecule has 2 heterocycles. The fraction of sp³-hybridized carbons (Fsp3) is 0.333. The van der Waals surface area contributed by atoms with E-state index in [4.69, 9.17) is 0 Å². The minimum Gasteiger partial charge on any atom is -0.310 e. The van der Waals surface area contributed by atoms with Gasteiger partial charge in [-0.2, -0.15) is 0 Å². The van der Waals surface area contributed by atoms with E-state index >= 15 is 0 Å². The molecular formula is C9H10N2O. The van der Waals surface area contributed by atoms with Gasteiger partial charge in [-0.05, 0) is 19.4 Å². The molecule has 0 saturated heterocycles. The first kappa shape index (κ1) is 7.28. The van der Waals surface area contributed by atoms with Gasteiger partial charge in [0.15, 0.2) is 0 Å². The molecule has 3 nitrogen and oxygen atoms in total. The molecule has 0 radical (unpaired) electrons. The van der Waals surface area contributed by atoms with Crippen LogP contribution in [0.5, 0.6) is 0 Å². The van der Waals surface area contributed by atoms with Crippen LogP contribution < -0.4 is 5.32 Å². The fourth-order valence-electron chi connectivity index (χ4n) is 1.39. The van der Waals surface area contributed by atoms with Gasteiger partial charge in [-0.3, -0.25) is 4.79 Å². The number of nitrogens with zero attached hydrogens (tertiary/aromatic N) is 1. The van der Waals surface area contributed by atoms with Crippen molar-refractivity contribution in [2.75, 3.05) is 5.32 Å². The third-order valence-corrected chi connectivity index (χ3v) is 2.16. The number of anilines is 1. The standard InChI is InChI=1S/C9H10N2O/c1-5-3-7-6(2)9(12)11-8(7)10-4-5/h3-4,6H,1-2H3,(H,10,11,12). The summed E-state index contributed by atoms with van der Waals surface area (Å²) in [7, 11) is 0. The zero-order chi connectivity index (χ0) is 8.72. The van der Waals surface area contributed by atoms with Crippen molar-refractivity contribution < 1.29 is 4.79 Å². The van der Waals surface area contributed by atoms with Gasteiger partial charge < -0.3 is 5.32 Å². The van der Waals surface area contributed by atoms with Gasteiger partial charge in [-0.1, -0.05) is 6.07 Å². The predicted molar refractivity (Wildman–Crippen MR) is 46.0 cm³/mol. The van der Waals surface area contributed by atoms with E-state index in [1.165, 1.54) is 0 Å². The Bertz CT molecular complexity index is 346. The predicted octanol–water partition coefficient (Wildman–Crippen LogP) is 1.45. The van der Waals surface area contributed by atoms with Crippen LogP contribution in [0.2, 0.25) is 0 Å². The highest BCUT2D eigenvalue weighted by atomic mass is 16.2. The van der Waals surface area contributed by atoms with Crippen molar-refractivity contribution in [3.63, 3.8) is 0 Å². The minimum absolute atomic E-state index is 0.0445. The molecule has 1 N–H and O–H groups in total. The van der Waals surface area contributed by atoms with E-state index in [0.29, 0.717) is 0 Å². The summed E-state index contributed by atoms with van der Waals surface area (Å²) in [5.41, 5.74) is 2.11. The van der Waals surface area contributed by atoms with Crippen molar-refractivity contribution in [1.29, 1.82) is 0 Å². The van der Waals surface area contributed by atoms with Crippen LogP contribution in [0, 0.1) is 6.92 Å². The average Bonchev–Trinajstić information content (AvgIpc) is 2.31. The molecule has 0 saturated carbocycles. The van der Waals surface area contributed by atoms with Gasteiger partial charge in [0, 0.05) is 11.8 Å². The van der Waals surface area contributed by atoms with E-state index in [-0.39, 0.29) is 11.8 Å². The molecule has 3 heteroatoms. The quantitative estimate of drug-likeness (QED) is 0.627. The second kappa shape index (κ2) is 2.30. The zero-order valence-electron chi connectivity index (χ0n) is 7.09. The van der Waals surface area contributed by atoms with E-state index in [0.717, 1.165) is 16.9 Å². The minimum atomic E-state index is -0.0487. The maximum Gasteiger partial charge on any atom is 0.232 e. The lowest BCUT2D eigenvalue weighted by atomic mass is 10.0. The number of aromatic nitrogens is 1. The maximum absolute atomic E-state index is 11.2. The Morgan fingerprint density at radius 1 is 1.58 bits per heavy atom. The van der Waals surface area contributed by atoms with E-state index in [2.05, 4.69) is 10.3 Å². The van der Waals surface area contributed by atoms with Crippen LogP contribution in [0.4, 0.5) is 5.82 Å². The molecule has 1 aromatic heterocycles. The third kappa shape index (κ3) is 0.897. The Hall–Kier alpha value is -1.38. The molecule has 12 heavy (non-hydrogen) atoms. The lowest BCUT2D eigenvalue weighted by Gasteiger charge is -1.99. The van der Waals surface area contributed by atoms with Gasteiger partial charge >= 0.3 is 0 Å². The number of carbonyl (C=O) groups is 1. The van der Waals surface area contributed by atoms with Crippen molar-refractivity contribution in [3.05, 3.63) is 23.4 Å². The number of carbonyl (C=O) groups excluding carboxylic acids is 1. The van der Waals surface area contributed by atoms with Gasteiger partial charge in [-0.15, -0.1) is 0 Å². The van der Waals surface area contributed by atoms with Crippen molar-refractivity contribution in [3.8, 4) is 0 Å². The molecule has 1 aliphatic rings. The molecule has 1 atom stereocenters. The number of hydrogen-bond donors (Lipinski definition) is 1. The average molecular weight is 162 g/mol. The number of amides is 1. The second-order valence-electron chi connectivity index (χ2n) is 3.16. The highest BCUT2D eigenvalue weighted by molar-refractivity contribution is 6.01. The van der Waals surface area contributed by atoms with Gasteiger partial charge in [0.2, 0.25) is 5.91 Å². The monoisotopic (exact) mass is 162 g/mol. The van der Waals surface area contributed by atoms with Crippen LogP contribution in [0.15, 0.2) is 12.3 Å². The highest BCUT2D eigenvalue weighted by Crippen LogP contribution is 2.30. The van der Waals surface area contributed by atoms with Gasteiger partial charge in [0.05, 0.1) is 5.92 Å². The van der Waals surface area contributed by atoms with Crippen LogP contribution in [0.25, 0.3) is 0 Å². The zero-order valence-corrected chi connectivity index (χ0v) is 7.09. The summed E-state index contributed by atoms with van der Waals surface area (Å²) >= 11 is 0. The first-order valence-electron chi connectivity index (χ1n) is 3.96. The number of hydrogen-bond acceptors (Lipinski definition) is 2. The van der Waals surface area contributed by atoms with Crippen molar-refractivity contribution >= 4 is 11.7 Å². The molecule has 62 valence electrons. The summed E-state index contributed by atoms with van der Waals surface area (Å²) < 4.78 is 0. The summed E-state index contributed by atoms with van der Waals surface area (Å²) in [5.74, 6) is 0.716. The smallest absolute Gasteiger partial charge is 0.232 e. The Kier molecular flexibility index (Phi) is 1.40. The molecular weight excluding hydrogens is 152 g/mol. The molecule has 1 aromatic rings. The van der Waals surface area contributed by atoms with Crippen molar-refractivity contribution in [1.82, 2.24) is 4.98 Å². The summed E-state index contributed by atoms with van der Waals surface area (Å²) in [4.78, 5) is 15.3. The molecule has 0 spiro atoms. The molecule has 0 bridgehead atoms. The summed E-state index contributed by atoms with van der Waals surface area (Å²) in [6, 6.07) is 2.00. The molecule has 1 amide bonds. The van der Waals surface area contributed by atoms with Crippen LogP contribution in [0.1, 0.15) is 24.0 Å². The number of nitrogens with one attached hydrogen (secondary N) is 1. The van der Waals surface area contributed by atoms with E-state index in [9.17, 15) is 4.79 Å². The molecule has 1 aliphatic heterocycles. The summed E-state index contributed by atoms with van der Waals surface area (Å²) in [6.07, 6.45) is 1.76. The van der Waals surface area contributed by atoms with E-state index in [1.54, 1.807) is 6.20 Å². The number of rotatable bonds is 0. The highest BCUT2D eigenvalue weighted by Gasteiger charge is 2.27. The first-order valence-corrected chi connectivity index (χ1v) is 3.96. The maximum atomic E-state index is 11.2. The largest absolute Gasteiger partial charge is 0.310 e. The SMILES string of the molecule is Cc1cnc2c(c1)C(C)C(=O)N2. The van der Waals surface area contributed by atoms with Crippen LogP contribution in [-0.2, 0) is 4.79 Å². The fourth-order valence-corrected chi connectivity index (χ4v) is 1.39. The second-order valence-corrected chi connectivity index (χ2v) is 3.16. The lowest BCUT2D eigenvalue weighted by Crippen LogP contribution is -2.08. The topological polar surface area (TPSA) is 42.0 Å². The van der Waals surface area contributed by atoms with Crippen molar-refractivity contribution in [2.24, 2.45) is 0 Å². The van der Waals surface area contributed by atoms with Crippen LogP contribution >= 0.6 is 0 Å². The van der Waals surface area contributed by atoms with Crippen molar-refractivity contribution in [2.45, 2.75) is 19.8 Å². The van der Waals surface area contributed by atoms with E-state index < -0.39 is 0 Å². The molecule has 0 aromatic carbocycles. The molecule has 1 unspecified atom stereocenters. The first-order chi connectivity index (χ1) is 5.68. The van der Waals surface area contributed by atoms with E-state index in [1.807, 2.05) is 19.9 Å². The number of pyridine rings is 1. The molecule has 2 rings (SSSR count). The normalized spacial score (nSPS) is 20.5. The van der Waals surface area contributed by atoms with Gasteiger partial charge in [-0.25, -0.2) is 4.98 Å². The Morgan fingerprint density at radius 2 is 2.33 bits per heavy atom. The Balaban J connectivity index is 2.55. The number of fused-ring (bicyclic) bond motifs is 1. The van der Waals surface area contributed by atoms with Gasteiger partial charge in [0.1, 0.15) is 5.82 Å². The van der Waals surface area contributed by atoms with Crippen LogP contribution in [0.3, 0.4) is 0 Å². The molecule has 0 aliphatic carbocycles. The Labute approximate surface area is 70.8 Å².